The first-order chi connectivity index (χ1) is 10.9. The van der Waals surface area contributed by atoms with Gasteiger partial charge in [0.2, 0.25) is 17.6 Å². The van der Waals surface area contributed by atoms with E-state index in [-0.39, 0.29) is 11.5 Å². The van der Waals surface area contributed by atoms with Crippen molar-refractivity contribution in [3.63, 3.8) is 0 Å². The van der Waals surface area contributed by atoms with Crippen molar-refractivity contribution in [2.24, 2.45) is 11.8 Å². The fourth-order valence-corrected chi connectivity index (χ4v) is 3.33. The minimum atomic E-state index is -0.472. The molecule has 1 aliphatic rings. The number of anilines is 3. The third-order valence-electron chi connectivity index (χ3n) is 4.28. The highest BCUT2D eigenvalue weighted by Gasteiger charge is 2.32. The van der Waals surface area contributed by atoms with Gasteiger partial charge in [0.15, 0.2) is 0 Å². The Morgan fingerprint density at radius 1 is 1.26 bits per heavy atom. The number of aromatic nitrogens is 2. The van der Waals surface area contributed by atoms with Crippen LogP contribution in [0.2, 0.25) is 0 Å². The van der Waals surface area contributed by atoms with E-state index in [1.165, 1.54) is 0 Å². The van der Waals surface area contributed by atoms with Gasteiger partial charge in [-0.1, -0.05) is 13.8 Å². The maximum atomic E-state index is 11.5. The smallest absolute Gasteiger partial charge is 0.353 e. The van der Waals surface area contributed by atoms with Crippen molar-refractivity contribution < 1.29 is 4.92 Å². The molecule has 0 saturated carbocycles. The molecule has 8 heteroatoms. The maximum absolute atomic E-state index is 11.5. The van der Waals surface area contributed by atoms with Crippen LogP contribution in [0.1, 0.15) is 34.1 Å². The lowest BCUT2D eigenvalue weighted by molar-refractivity contribution is -0.383. The second-order valence-electron chi connectivity index (χ2n) is 6.36. The van der Waals surface area contributed by atoms with Crippen LogP contribution >= 0.6 is 0 Å². The fourth-order valence-electron chi connectivity index (χ4n) is 3.33. The Hall–Kier alpha value is -2.12. The molecule has 0 radical (unpaired) electrons. The summed E-state index contributed by atoms with van der Waals surface area (Å²) in [7, 11) is 0. The van der Waals surface area contributed by atoms with E-state index in [1.54, 1.807) is 0 Å². The molecule has 0 aliphatic carbocycles. The maximum Gasteiger partial charge on any atom is 0.353 e. The molecule has 0 aromatic carbocycles. The highest BCUT2D eigenvalue weighted by Crippen LogP contribution is 2.35. The lowest BCUT2D eigenvalue weighted by Gasteiger charge is -2.35. The van der Waals surface area contributed by atoms with Crippen molar-refractivity contribution in [2.45, 2.75) is 34.1 Å². The molecule has 8 nitrogen and oxygen atoms in total. The van der Waals surface area contributed by atoms with Gasteiger partial charge in [0, 0.05) is 26.2 Å². The molecule has 2 rings (SSSR count). The van der Waals surface area contributed by atoms with Crippen LogP contribution in [0.3, 0.4) is 0 Å². The number of hydrogen-bond donors (Lipinski definition) is 1. The van der Waals surface area contributed by atoms with Crippen LogP contribution in [-0.4, -0.2) is 41.1 Å². The SMILES string of the molecule is CCN(CC)c1nc(N)c([N+](=O)[O-])c(N2C[C@H](C)C[C@H](C)C2)n1. The van der Waals surface area contributed by atoms with E-state index in [0.717, 1.165) is 32.6 Å². The molecule has 0 spiro atoms. The molecule has 128 valence electrons. The molecule has 2 heterocycles. The molecular weight excluding hydrogens is 296 g/mol. The summed E-state index contributed by atoms with van der Waals surface area (Å²) in [5, 5.41) is 11.5. The monoisotopic (exact) mass is 322 g/mol. The van der Waals surface area contributed by atoms with E-state index in [0.29, 0.717) is 23.6 Å². The van der Waals surface area contributed by atoms with Crippen molar-refractivity contribution in [3.8, 4) is 0 Å². The zero-order chi connectivity index (χ0) is 17.1. The van der Waals surface area contributed by atoms with Gasteiger partial charge in [-0.15, -0.1) is 0 Å². The predicted molar refractivity (Wildman–Crippen MR) is 91.8 cm³/mol. The summed E-state index contributed by atoms with van der Waals surface area (Å²) in [5.41, 5.74) is 5.72. The largest absolute Gasteiger partial charge is 0.378 e. The number of rotatable bonds is 5. The van der Waals surface area contributed by atoms with Gasteiger partial charge >= 0.3 is 5.69 Å². The minimum Gasteiger partial charge on any atom is -0.378 e. The van der Waals surface area contributed by atoms with Gasteiger partial charge in [0.25, 0.3) is 0 Å². The standard InChI is InChI=1S/C15H26N6O2/c1-5-19(6-2)15-17-13(16)12(21(22)23)14(18-15)20-8-10(3)7-11(4)9-20/h10-11H,5-9H2,1-4H3,(H2,16,17,18)/t10-,11+. The van der Waals surface area contributed by atoms with Crippen molar-refractivity contribution in [2.75, 3.05) is 41.7 Å². The van der Waals surface area contributed by atoms with Crippen LogP contribution in [0.25, 0.3) is 0 Å². The minimum absolute atomic E-state index is 0.0622. The van der Waals surface area contributed by atoms with E-state index in [4.69, 9.17) is 5.73 Å². The molecule has 0 amide bonds. The lowest BCUT2D eigenvalue weighted by atomic mass is 9.92. The Morgan fingerprint density at radius 3 is 2.30 bits per heavy atom. The van der Waals surface area contributed by atoms with E-state index in [1.807, 2.05) is 23.6 Å². The number of nitrogens with zero attached hydrogens (tertiary/aromatic N) is 5. The lowest BCUT2D eigenvalue weighted by Crippen LogP contribution is -2.40. The normalized spacial score (nSPS) is 21.3. The molecule has 0 bridgehead atoms. The number of nitrogen functional groups attached to an aromatic ring is 1. The summed E-state index contributed by atoms with van der Waals surface area (Å²) in [4.78, 5) is 23.6. The highest BCUT2D eigenvalue weighted by molar-refractivity contribution is 5.71. The van der Waals surface area contributed by atoms with E-state index in [2.05, 4.69) is 23.8 Å². The van der Waals surface area contributed by atoms with Crippen LogP contribution in [-0.2, 0) is 0 Å². The molecule has 1 aliphatic heterocycles. The van der Waals surface area contributed by atoms with E-state index in [9.17, 15) is 10.1 Å². The first-order valence-electron chi connectivity index (χ1n) is 8.19. The average molecular weight is 322 g/mol. The third-order valence-corrected chi connectivity index (χ3v) is 4.28. The molecule has 1 aromatic rings. The zero-order valence-corrected chi connectivity index (χ0v) is 14.3. The van der Waals surface area contributed by atoms with Gasteiger partial charge in [-0.2, -0.15) is 9.97 Å². The van der Waals surface area contributed by atoms with Crippen molar-refractivity contribution >= 4 is 23.3 Å². The van der Waals surface area contributed by atoms with Gasteiger partial charge < -0.3 is 15.5 Å². The molecule has 1 aromatic heterocycles. The Morgan fingerprint density at radius 2 is 1.83 bits per heavy atom. The van der Waals surface area contributed by atoms with Crippen molar-refractivity contribution in [1.29, 1.82) is 0 Å². The van der Waals surface area contributed by atoms with Gasteiger partial charge in [-0.05, 0) is 32.1 Å². The summed E-state index contributed by atoms with van der Waals surface area (Å²) < 4.78 is 0. The molecule has 2 atom stereocenters. The van der Waals surface area contributed by atoms with Gasteiger partial charge in [0.1, 0.15) is 0 Å². The van der Waals surface area contributed by atoms with Gasteiger partial charge in [-0.25, -0.2) is 0 Å². The molecule has 2 N–H and O–H groups in total. The second-order valence-corrected chi connectivity index (χ2v) is 6.36. The Kier molecular flexibility index (Phi) is 5.23. The molecule has 23 heavy (non-hydrogen) atoms. The number of nitrogens with two attached hydrogens (primary N) is 1. The number of hydrogen-bond acceptors (Lipinski definition) is 7. The molecule has 1 fully saturated rings. The average Bonchev–Trinajstić information content (AvgIpc) is 2.46. The molecular formula is C15H26N6O2. The Labute approximate surface area is 136 Å². The number of nitro groups is 1. The first kappa shape index (κ1) is 17.2. The van der Waals surface area contributed by atoms with Crippen LogP contribution in [0, 0.1) is 22.0 Å². The van der Waals surface area contributed by atoms with Crippen LogP contribution in [0.5, 0.6) is 0 Å². The predicted octanol–water partition coefficient (Wildman–Crippen LogP) is 2.30. The summed E-state index contributed by atoms with van der Waals surface area (Å²) in [6.07, 6.45) is 1.12. The summed E-state index contributed by atoms with van der Waals surface area (Å²) in [6, 6.07) is 0. The summed E-state index contributed by atoms with van der Waals surface area (Å²) >= 11 is 0. The Bertz CT molecular complexity index is 565. The van der Waals surface area contributed by atoms with Crippen molar-refractivity contribution in [3.05, 3.63) is 10.1 Å². The summed E-state index contributed by atoms with van der Waals surface area (Å²) in [5.74, 6) is 1.67. The highest BCUT2D eigenvalue weighted by atomic mass is 16.6. The summed E-state index contributed by atoms with van der Waals surface area (Å²) in [6.45, 7) is 11.2. The fraction of sp³-hybridized carbons (Fsp3) is 0.733. The Balaban J connectivity index is 2.51. The van der Waals surface area contributed by atoms with Crippen LogP contribution in [0.4, 0.5) is 23.3 Å². The van der Waals surface area contributed by atoms with Crippen LogP contribution < -0.4 is 15.5 Å². The van der Waals surface area contributed by atoms with Crippen molar-refractivity contribution in [1.82, 2.24) is 9.97 Å². The van der Waals surface area contributed by atoms with E-state index >= 15 is 0 Å². The zero-order valence-electron chi connectivity index (χ0n) is 14.3. The molecule has 1 saturated heterocycles. The first-order valence-corrected chi connectivity index (χ1v) is 8.19. The molecule has 0 unspecified atom stereocenters. The van der Waals surface area contributed by atoms with Gasteiger partial charge in [0.05, 0.1) is 4.92 Å². The van der Waals surface area contributed by atoms with Gasteiger partial charge in [-0.3, -0.25) is 10.1 Å². The van der Waals surface area contributed by atoms with E-state index < -0.39 is 4.92 Å². The third kappa shape index (κ3) is 3.62. The van der Waals surface area contributed by atoms with Crippen LogP contribution in [0.15, 0.2) is 0 Å². The second kappa shape index (κ2) is 6.97. The quantitative estimate of drug-likeness (QED) is 0.655. The number of piperidine rings is 1. The topological polar surface area (TPSA) is 101 Å².